The molecule has 0 spiro atoms. The van der Waals surface area contributed by atoms with Gasteiger partial charge < -0.3 is 10.8 Å². The minimum atomic E-state index is -2.87. The highest BCUT2D eigenvalue weighted by Crippen LogP contribution is 2.28. The molecule has 0 saturated heterocycles. The quantitative estimate of drug-likeness (QED) is 0.783. The lowest BCUT2D eigenvalue weighted by Crippen LogP contribution is -2.16. The highest BCUT2D eigenvalue weighted by molar-refractivity contribution is 5.28. The molecule has 1 aromatic carbocycles. The molecule has 0 amide bonds. The summed E-state index contributed by atoms with van der Waals surface area (Å²) < 4.78 is 25.8. The molecule has 0 aliphatic carbocycles. The number of benzene rings is 1. The van der Waals surface area contributed by atoms with Gasteiger partial charge in [-0.1, -0.05) is 18.2 Å². The van der Waals surface area contributed by atoms with Crippen LogP contribution in [0.1, 0.15) is 24.1 Å². The fourth-order valence-electron chi connectivity index (χ4n) is 1.15. The Morgan fingerprint density at radius 1 is 1.50 bits per heavy atom. The molecule has 1 rings (SSSR count). The van der Waals surface area contributed by atoms with Crippen molar-refractivity contribution in [3.05, 3.63) is 35.4 Å². The summed E-state index contributed by atoms with van der Waals surface area (Å²) in [7, 11) is 0. The molecule has 0 aliphatic heterocycles. The summed E-state index contributed by atoms with van der Waals surface area (Å²) in [5.41, 5.74) is 5.95. The molecular weight excluding hydrogens is 188 g/mol. The number of alkyl halides is 2. The summed E-state index contributed by atoms with van der Waals surface area (Å²) in [6.45, 7) is 0.579. The average Bonchev–Trinajstić information content (AvgIpc) is 2.15. The van der Waals surface area contributed by atoms with Crippen molar-refractivity contribution in [2.24, 2.45) is 5.73 Å². The molecule has 0 bridgehead atoms. The number of nitrogens with two attached hydrogens (primary N) is 1. The predicted octanol–water partition coefficient (Wildman–Crippen LogP) is 1.79. The van der Waals surface area contributed by atoms with Gasteiger partial charge in [0.25, 0.3) is 5.92 Å². The van der Waals surface area contributed by atoms with Crippen LogP contribution in [0.2, 0.25) is 0 Å². The molecule has 1 atom stereocenters. The number of aliphatic hydroxyl groups excluding tert-OH is 1. The first kappa shape index (κ1) is 11.1. The second-order valence-corrected chi connectivity index (χ2v) is 3.30. The van der Waals surface area contributed by atoms with Gasteiger partial charge in [0.1, 0.15) is 0 Å². The van der Waals surface area contributed by atoms with E-state index in [4.69, 9.17) is 10.8 Å². The van der Waals surface area contributed by atoms with Gasteiger partial charge in [0.15, 0.2) is 0 Å². The van der Waals surface area contributed by atoms with Crippen molar-refractivity contribution in [1.29, 1.82) is 0 Å². The summed E-state index contributed by atoms with van der Waals surface area (Å²) in [6.07, 6.45) is 0. The number of aliphatic hydroxyl groups is 1. The van der Waals surface area contributed by atoms with Crippen molar-refractivity contribution in [1.82, 2.24) is 0 Å². The van der Waals surface area contributed by atoms with Gasteiger partial charge in [0, 0.05) is 12.5 Å². The van der Waals surface area contributed by atoms with Crippen LogP contribution in [0.25, 0.3) is 0 Å². The average molecular weight is 201 g/mol. The van der Waals surface area contributed by atoms with Gasteiger partial charge in [-0.2, -0.15) is 0 Å². The normalized spacial score (nSPS) is 14.1. The molecule has 0 saturated carbocycles. The number of hydrogen-bond acceptors (Lipinski definition) is 2. The van der Waals surface area contributed by atoms with E-state index in [0.29, 0.717) is 5.56 Å². The Kier molecular flexibility index (Phi) is 3.18. The monoisotopic (exact) mass is 201 g/mol. The summed E-state index contributed by atoms with van der Waals surface area (Å²) in [5.74, 6) is -2.87. The topological polar surface area (TPSA) is 46.2 Å². The summed E-state index contributed by atoms with van der Waals surface area (Å²) >= 11 is 0. The lowest BCUT2D eigenvalue weighted by atomic mass is 10.0. The third kappa shape index (κ3) is 2.49. The Bertz CT molecular complexity index is 309. The molecule has 2 nitrogen and oxygen atoms in total. The van der Waals surface area contributed by atoms with Crippen LogP contribution in [0.4, 0.5) is 8.78 Å². The minimum absolute atomic E-state index is 0.0844. The summed E-state index contributed by atoms with van der Waals surface area (Å²) in [5, 5.41) is 8.77. The van der Waals surface area contributed by atoms with Gasteiger partial charge in [0.2, 0.25) is 0 Å². The Morgan fingerprint density at radius 3 is 2.64 bits per heavy atom. The van der Waals surface area contributed by atoms with Crippen LogP contribution in [-0.2, 0) is 5.92 Å². The van der Waals surface area contributed by atoms with E-state index < -0.39 is 12.0 Å². The van der Waals surface area contributed by atoms with Crippen molar-refractivity contribution in [2.45, 2.75) is 18.9 Å². The Labute approximate surface area is 81.4 Å². The molecule has 0 radical (unpaired) electrons. The zero-order valence-electron chi connectivity index (χ0n) is 7.87. The smallest absolute Gasteiger partial charge is 0.270 e. The third-order valence-electron chi connectivity index (χ3n) is 2.02. The zero-order valence-corrected chi connectivity index (χ0v) is 7.87. The molecule has 0 aromatic heterocycles. The maximum atomic E-state index is 12.9. The summed E-state index contributed by atoms with van der Waals surface area (Å²) in [6, 6.07) is 5.19. The van der Waals surface area contributed by atoms with Crippen molar-refractivity contribution < 1.29 is 13.9 Å². The van der Waals surface area contributed by atoms with Gasteiger partial charge >= 0.3 is 0 Å². The molecule has 1 unspecified atom stereocenters. The molecule has 0 fully saturated rings. The van der Waals surface area contributed by atoms with Crippen LogP contribution in [-0.4, -0.2) is 11.7 Å². The van der Waals surface area contributed by atoms with Crippen LogP contribution in [0, 0.1) is 0 Å². The van der Waals surface area contributed by atoms with Crippen LogP contribution in [0.5, 0.6) is 0 Å². The number of rotatable bonds is 3. The molecule has 0 heterocycles. The summed E-state index contributed by atoms with van der Waals surface area (Å²) in [4.78, 5) is 0. The first-order valence-electron chi connectivity index (χ1n) is 4.30. The Balaban J connectivity index is 3.01. The number of halogens is 2. The highest BCUT2D eigenvalue weighted by atomic mass is 19.3. The Morgan fingerprint density at radius 2 is 2.14 bits per heavy atom. The molecule has 78 valence electrons. The fourth-order valence-corrected chi connectivity index (χ4v) is 1.15. The van der Waals surface area contributed by atoms with Gasteiger partial charge in [0.05, 0.1) is 12.6 Å². The van der Waals surface area contributed by atoms with E-state index in [-0.39, 0.29) is 12.2 Å². The van der Waals surface area contributed by atoms with Crippen LogP contribution in [0.3, 0.4) is 0 Å². The predicted molar refractivity (Wildman–Crippen MR) is 50.0 cm³/mol. The maximum Gasteiger partial charge on any atom is 0.270 e. The van der Waals surface area contributed by atoms with E-state index in [1.807, 2.05) is 0 Å². The van der Waals surface area contributed by atoms with E-state index in [2.05, 4.69) is 0 Å². The van der Waals surface area contributed by atoms with Gasteiger partial charge in [-0.3, -0.25) is 0 Å². The third-order valence-corrected chi connectivity index (χ3v) is 2.02. The molecule has 0 aliphatic rings. The molecule has 3 N–H and O–H groups in total. The maximum absolute atomic E-state index is 12.9. The van der Waals surface area contributed by atoms with E-state index >= 15 is 0 Å². The Hall–Kier alpha value is -1.00. The zero-order chi connectivity index (χ0) is 10.8. The van der Waals surface area contributed by atoms with Crippen molar-refractivity contribution in [3.63, 3.8) is 0 Å². The molecule has 4 heteroatoms. The SMILES string of the molecule is CC(F)(F)c1cccc(C(N)CO)c1. The second-order valence-electron chi connectivity index (χ2n) is 3.30. The van der Waals surface area contributed by atoms with Gasteiger partial charge in [-0.25, -0.2) is 8.78 Å². The van der Waals surface area contributed by atoms with Crippen LogP contribution < -0.4 is 5.73 Å². The van der Waals surface area contributed by atoms with Crippen LogP contribution in [0.15, 0.2) is 24.3 Å². The van der Waals surface area contributed by atoms with Crippen molar-refractivity contribution >= 4 is 0 Å². The van der Waals surface area contributed by atoms with E-state index in [1.165, 1.54) is 18.2 Å². The van der Waals surface area contributed by atoms with Gasteiger partial charge in [-0.15, -0.1) is 0 Å². The number of hydrogen-bond donors (Lipinski definition) is 2. The fraction of sp³-hybridized carbons (Fsp3) is 0.400. The molecular formula is C10H13F2NO. The standard InChI is InChI=1S/C10H13F2NO/c1-10(11,12)8-4-2-3-7(5-8)9(13)6-14/h2-5,9,14H,6,13H2,1H3. The minimum Gasteiger partial charge on any atom is -0.394 e. The van der Waals surface area contributed by atoms with Crippen LogP contribution >= 0.6 is 0 Å². The van der Waals surface area contributed by atoms with Gasteiger partial charge in [-0.05, 0) is 11.6 Å². The lowest BCUT2D eigenvalue weighted by Gasteiger charge is -2.14. The first-order chi connectivity index (χ1) is 6.45. The first-order valence-corrected chi connectivity index (χ1v) is 4.30. The molecule has 1 aromatic rings. The van der Waals surface area contributed by atoms with E-state index in [9.17, 15) is 8.78 Å². The second kappa shape index (κ2) is 4.02. The van der Waals surface area contributed by atoms with E-state index in [1.54, 1.807) is 6.07 Å². The lowest BCUT2D eigenvalue weighted by molar-refractivity contribution is 0.0173. The van der Waals surface area contributed by atoms with E-state index in [0.717, 1.165) is 6.92 Å². The van der Waals surface area contributed by atoms with Crippen molar-refractivity contribution in [3.8, 4) is 0 Å². The molecule has 14 heavy (non-hydrogen) atoms. The largest absolute Gasteiger partial charge is 0.394 e. The van der Waals surface area contributed by atoms with Crippen molar-refractivity contribution in [2.75, 3.05) is 6.61 Å². The highest BCUT2D eigenvalue weighted by Gasteiger charge is 2.24.